The van der Waals surface area contributed by atoms with Crippen molar-refractivity contribution in [3.63, 3.8) is 0 Å². The van der Waals surface area contributed by atoms with Crippen molar-refractivity contribution in [3.05, 3.63) is 24.3 Å². The largest absolute Gasteiger partial charge is 0.315 e. The van der Waals surface area contributed by atoms with Crippen LogP contribution in [0.4, 0.5) is 0 Å². The van der Waals surface area contributed by atoms with Crippen LogP contribution >= 0.6 is 12.4 Å². The predicted molar refractivity (Wildman–Crippen MR) is 96.9 cm³/mol. The summed E-state index contributed by atoms with van der Waals surface area (Å²) in [6.45, 7) is 5.34. The number of nitrogens with zero attached hydrogens (tertiary/aromatic N) is 1. The highest BCUT2D eigenvalue weighted by Crippen LogP contribution is 2.24. The summed E-state index contributed by atoms with van der Waals surface area (Å²) in [6.07, 6.45) is 1.48. The van der Waals surface area contributed by atoms with Gasteiger partial charge in [0.1, 0.15) is 0 Å². The Morgan fingerprint density at radius 2 is 1.83 bits per heavy atom. The van der Waals surface area contributed by atoms with Crippen LogP contribution < -0.4 is 5.32 Å². The molecule has 1 unspecified atom stereocenters. The summed E-state index contributed by atoms with van der Waals surface area (Å²) in [5, 5.41) is 3.18. The Balaban J connectivity index is 0.00000288. The SMILES string of the molecule is CCCN(C1CCNC1)S(=O)(=O)c1cccc(S(=O)(=O)CC)c1.Cl. The van der Waals surface area contributed by atoms with E-state index in [0.717, 1.165) is 13.0 Å². The number of nitrogens with one attached hydrogen (secondary N) is 1. The van der Waals surface area contributed by atoms with E-state index in [1.807, 2.05) is 6.92 Å². The molecule has 1 aliphatic rings. The maximum atomic E-state index is 13.0. The topological polar surface area (TPSA) is 83.6 Å². The molecule has 0 amide bonds. The zero-order chi connectivity index (χ0) is 17.1. The van der Waals surface area contributed by atoms with Crippen molar-refractivity contribution >= 4 is 32.3 Å². The minimum absolute atomic E-state index is 0. The number of hydrogen-bond donors (Lipinski definition) is 1. The van der Waals surface area contributed by atoms with Crippen LogP contribution in [-0.2, 0) is 19.9 Å². The normalized spacial score (nSPS) is 18.5. The lowest BCUT2D eigenvalue weighted by molar-refractivity contribution is 0.335. The first-order chi connectivity index (χ1) is 10.8. The van der Waals surface area contributed by atoms with Crippen LogP contribution in [0.5, 0.6) is 0 Å². The van der Waals surface area contributed by atoms with Gasteiger partial charge in [-0.25, -0.2) is 16.8 Å². The molecule has 0 aliphatic carbocycles. The van der Waals surface area contributed by atoms with Gasteiger partial charge in [0.25, 0.3) is 0 Å². The highest BCUT2D eigenvalue weighted by atomic mass is 35.5. The summed E-state index contributed by atoms with van der Waals surface area (Å²) >= 11 is 0. The highest BCUT2D eigenvalue weighted by Gasteiger charge is 2.33. The quantitative estimate of drug-likeness (QED) is 0.757. The molecule has 0 aromatic heterocycles. The molecule has 0 bridgehead atoms. The standard InChI is InChI=1S/C15H24N2O4S2.ClH/c1-3-10-17(13-8-9-16-12-13)23(20,21)15-7-5-6-14(11-15)22(18,19)4-2;/h5-7,11,13,16H,3-4,8-10,12H2,1-2H3;1H. The zero-order valence-corrected chi connectivity index (χ0v) is 16.4. The highest BCUT2D eigenvalue weighted by molar-refractivity contribution is 7.91. The van der Waals surface area contributed by atoms with Crippen molar-refractivity contribution in [2.75, 3.05) is 25.4 Å². The molecule has 9 heteroatoms. The third kappa shape index (κ3) is 4.49. The van der Waals surface area contributed by atoms with Crippen molar-refractivity contribution in [2.45, 2.75) is 42.5 Å². The summed E-state index contributed by atoms with van der Waals surface area (Å²) < 4.78 is 51.5. The summed E-state index contributed by atoms with van der Waals surface area (Å²) in [5.41, 5.74) is 0. The molecule has 24 heavy (non-hydrogen) atoms. The molecular formula is C15H25ClN2O4S2. The minimum atomic E-state index is -3.71. The molecule has 1 aliphatic heterocycles. The first-order valence-electron chi connectivity index (χ1n) is 7.88. The lowest BCUT2D eigenvalue weighted by Gasteiger charge is -2.27. The van der Waals surface area contributed by atoms with Crippen LogP contribution in [0.1, 0.15) is 26.7 Å². The second kappa shape index (κ2) is 8.62. The third-order valence-electron chi connectivity index (χ3n) is 4.04. The predicted octanol–water partition coefficient (Wildman–Crippen LogP) is 1.66. The second-order valence-corrected chi connectivity index (χ2v) is 9.81. The third-order valence-corrected chi connectivity index (χ3v) is 7.72. The summed E-state index contributed by atoms with van der Waals surface area (Å²) in [5.74, 6) is -0.0538. The van der Waals surface area contributed by atoms with Crippen molar-refractivity contribution in [1.29, 1.82) is 0 Å². The van der Waals surface area contributed by atoms with Gasteiger partial charge < -0.3 is 5.32 Å². The Morgan fingerprint density at radius 1 is 1.17 bits per heavy atom. The van der Waals surface area contributed by atoms with E-state index in [9.17, 15) is 16.8 Å². The van der Waals surface area contributed by atoms with Gasteiger partial charge in [0.2, 0.25) is 10.0 Å². The van der Waals surface area contributed by atoms with Gasteiger partial charge in [-0.15, -0.1) is 12.4 Å². The van der Waals surface area contributed by atoms with Crippen molar-refractivity contribution in [3.8, 4) is 0 Å². The van der Waals surface area contributed by atoms with E-state index in [1.54, 1.807) is 6.92 Å². The molecule has 1 atom stereocenters. The van der Waals surface area contributed by atoms with Gasteiger partial charge >= 0.3 is 0 Å². The van der Waals surface area contributed by atoms with Crippen LogP contribution in [0.2, 0.25) is 0 Å². The van der Waals surface area contributed by atoms with Gasteiger partial charge in [-0.05, 0) is 37.6 Å². The number of rotatable bonds is 7. The van der Waals surface area contributed by atoms with Crippen molar-refractivity contribution in [2.24, 2.45) is 0 Å². The molecule has 6 nitrogen and oxygen atoms in total. The number of benzene rings is 1. The zero-order valence-electron chi connectivity index (χ0n) is 13.9. The monoisotopic (exact) mass is 396 g/mol. The van der Waals surface area contributed by atoms with E-state index in [2.05, 4.69) is 5.32 Å². The van der Waals surface area contributed by atoms with Gasteiger partial charge in [-0.2, -0.15) is 4.31 Å². The van der Waals surface area contributed by atoms with E-state index in [1.165, 1.54) is 28.6 Å². The number of hydrogen-bond acceptors (Lipinski definition) is 5. The van der Waals surface area contributed by atoms with Crippen LogP contribution in [-0.4, -0.2) is 52.6 Å². The molecule has 1 N–H and O–H groups in total. The average molecular weight is 397 g/mol. The molecule has 1 aromatic rings. The molecule has 1 fully saturated rings. The maximum Gasteiger partial charge on any atom is 0.243 e. The van der Waals surface area contributed by atoms with Gasteiger partial charge in [0, 0.05) is 19.1 Å². The molecule has 2 rings (SSSR count). The van der Waals surface area contributed by atoms with Crippen LogP contribution in [0.3, 0.4) is 0 Å². The fourth-order valence-electron chi connectivity index (χ4n) is 2.73. The molecule has 1 aromatic carbocycles. The van der Waals surface area contributed by atoms with E-state index in [0.29, 0.717) is 19.5 Å². The van der Waals surface area contributed by atoms with E-state index >= 15 is 0 Å². The molecule has 1 saturated heterocycles. The van der Waals surface area contributed by atoms with E-state index in [4.69, 9.17) is 0 Å². The first kappa shape index (κ1) is 21.4. The molecule has 1 heterocycles. The average Bonchev–Trinajstić information content (AvgIpc) is 3.06. The van der Waals surface area contributed by atoms with Crippen LogP contribution in [0.15, 0.2) is 34.1 Å². The van der Waals surface area contributed by atoms with Crippen LogP contribution in [0, 0.1) is 0 Å². The van der Waals surface area contributed by atoms with Crippen molar-refractivity contribution < 1.29 is 16.8 Å². The summed E-state index contributed by atoms with van der Waals surface area (Å²) in [7, 11) is -7.14. The number of halogens is 1. The molecule has 138 valence electrons. The smallest absolute Gasteiger partial charge is 0.243 e. The van der Waals surface area contributed by atoms with E-state index in [-0.39, 0.29) is 34.0 Å². The van der Waals surface area contributed by atoms with E-state index < -0.39 is 19.9 Å². The Bertz CT molecular complexity index is 744. The van der Waals surface area contributed by atoms with Gasteiger partial charge in [0.05, 0.1) is 15.5 Å². The Morgan fingerprint density at radius 3 is 2.38 bits per heavy atom. The number of sulfonamides is 1. The fourth-order valence-corrected chi connectivity index (χ4v) is 5.53. The Labute approximate surface area is 151 Å². The molecular weight excluding hydrogens is 372 g/mol. The Hall–Kier alpha value is -0.670. The van der Waals surface area contributed by atoms with Gasteiger partial charge in [-0.3, -0.25) is 0 Å². The summed E-state index contributed by atoms with van der Waals surface area (Å²) in [4.78, 5) is 0.106. The number of sulfone groups is 1. The lowest BCUT2D eigenvalue weighted by atomic mass is 10.2. The van der Waals surface area contributed by atoms with Crippen LogP contribution in [0.25, 0.3) is 0 Å². The van der Waals surface area contributed by atoms with Gasteiger partial charge in [-0.1, -0.05) is 19.9 Å². The van der Waals surface area contributed by atoms with Crippen molar-refractivity contribution in [1.82, 2.24) is 9.62 Å². The summed E-state index contributed by atoms with van der Waals surface area (Å²) in [6, 6.07) is 5.60. The maximum absolute atomic E-state index is 13.0. The molecule has 0 radical (unpaired) electrons. The lowest BCUT2D eigenvalue weighted by Crippen LogP contribution is -2.42. The molecule has 0 saturated carbocycles. The minimum Gasteiger partial charge on any atom is -0.315 e. The second-order valence-electron chi connectivity index (χ2n) is 5.64. The van der Waals surface area contributed by atoms with Gasteiger partial charge in [0.15, 0.2) is 9.84 Å². The Kier molecular flexibility index (Phi) is 7.68. The molecule has 0 spiro atoms. The first-order valence-corrected chi connectivity index (χ1v) is 11.0. The fraction of sp³-hybridized carbons (Fsp3) is 0.600.